The van der Waals surface area contributed by atoms with Gasteiger partial charge in [-0.25, -0.2) is 5.43 Å². The molecule has 1 heterocycles. The van der Waals surface area contributed by atoms with Gasteiger partial charge in [0.2, 0.25) is 5.91 Å². The van der Waals surface area contributed by atoms with E-state index in [9.17, 15) is 9.59 Å². The lowest BCUT2D eigenvalue weighted by molar-refractivity contribution is -0.120. The molecule has 0 radical (unpaired) electrons. The summed E-state index contributed by atoms with van der Waals surface area (Å²) in [6.45, 7) is 0. The molecule has 1 aromatic heterocycles. The number of H-pyrrole nitrogens is 2. The molecule has 20 heavy (non-hydrogen) atoms. The van der Waals surface area contributed by atoms with Gasteiger partial charge < -0.3 is 5.10 Å². The van der Waals surface area contributed by atoms with Gasteiger partial charge in [0.1, 0.15) is 0 Å². The summed E-state index contributed by atoms with van der Waals surface area (Å²) >= 11 is 11.7. The first kappa shape index (κ1) is 14.4. The second-order valence-corrected chi connectivity index (χ2v) is 4.76. The lowest BCUT2D eigenvalue weighted by atomic mass is 10.2. The SMILES string of the molecule is O=C(Cc1cc(=O)[nH][nH]1)NN=Cc1ccc(Cl)cc1Cl. The predicted molar refractivity (Wildman–Crippen MR) is 77.3 cm³/mol. The minimum Gasteiger partial charge on any atom is -0.302 e. The Morgan fingerprint density at radius 2 is 2.10 bits per heavy atom. The molecule has 8 heteroatoms. The Hall–Kier alpha value is -2.05. The van der Waals surface area contributed by atoms with Gasteiger partial charge in [-0.05, 0) is 12.1 Å². The third-order valence-corrected chi connectivity index (χ3v) is 2.92. The fraction of sp³-hybridized carbons (Fsp3) is 0.0833. The average Bonchev–Trinajstić information content (AvgIpc) is 2.77. The van der Waals surface area contributed by atoms with E-state index in [1.165, 1.54) is 12.3 Å². The van der Waals surface area contributed by atoms with Crippen molar-refractivity contribution in [1.82, 2.24) is 15.6 Å². The lowest BCUT2D eigenvalue weighted by Gasteiger charge is -1.99. The van der Waals surface area contributed by atoms with Crippen molar-refractivity contribution < 1.29 is 4.79 Å². The van der Waals surface area contributed by atoms with Gasteiger partial charge in [0.25, 0.3) is 5.56 Å². The first-order valence-electron chi connectivity index (χ1n) is 5.58. The number of carbonyl (C=O) groups excluding carboxylic acids is 1. The van der Waals surface area contributed by atoms with E-state index >= 15 is 0 Å². The molecule has 2 rings (SSSR count). The number of halogens is 2. The number of rotatable bonds is 4. The Bertz CT molecular complexity index is 705. The summed E-state index contributed by atoms with van der Waals surface area (Å²) in [5, 5.41) is 9.65. The number of hydrazone groups is 1. The summed E-state index contributed by atoms with van der Waals surface area (Å²) < 4.78 is 0. The lowest BCUT2D eigenvalue weighted by Crippen LogP contribution is -2.20. The van der Waals surface area contributed by atoms with Crippen molar-refractivity contribution >= 4 is 35.3 Å². The summed E-state index contributed by atoms with van der Waals surface area (Å²) in [6.07, 6.45) is 1.43. The van der Waals surface area contributed by atoms with Crippen molar-refractivity contribution in [3.8, 4) is 0 Å². The quantitative estimate of drug-likeness (QED) is 0.592. The molecule has 104 valence electrons. The van der Waals surface area contributed by atoms with Crippen LogP contribution in [0.2, 0.25) is 10.0 Å². The molecule has 0 spiro atoms. The van der Waals surface area contributed by atoms with Crippen molar-refractivity contribution in [2.75, 3.05) is 0 Å². The Kier molecular flexibility index (Phi) is 4.60. The van der Waals surface area contributed by atoms with Crippen molar-refractivity contribution in [3.05, 3.63) is 55.9 Å². The van der Waals surface area contributed by atoms with Crippen LogP contribution in [-0.2, 0) is 11.2 Å². The highest BCUT2D eigenvalue weighted by molar-refractivity contribution is 6.36. The van der Waals surface area contributed by atoms with E-state index in [-0.39, 0.29) is 17.9 Å². The van der Waals surface area contributed by atoms with Crippen LogP contribution in [0, 0.1) is 0 Å². The van der Waals surface area contributed by atoms with E-state index in [0.717, 1.165) is 0 Å². The topological polar surface area (TPSA) is 90.1 Å². The van der Waals surface area contributed by atoms with Crippen molar-refractivity contribution in [1.29, 1.82) is 0 Å². The first-order chi connectivity index (χ1) is 9.54. The van der Waals surface area contributed by atoms with E-state index < -0.39 is 0 Å². The third-order valence-electron chi connectivity index (χ3n) is 2.36. The molecule has 0 bridgehead atoms. The van der Waals surface area contributed by atoms with Crippen LogP contribution in [0.15, 0.2) is 34.2 Å². The molecule has 0 aliphatic heterocycles. The molecular weight excluding hydrogens is 303 g/mol. The van der Waals surface area contributed by atoms with Gasteiger partial charge in [-0.15, -0.1) is 0 Å². The standard InChI is InChI=1S/C12H10Cl2N4O2/c13-8-2-1-7(10(14)3-8)6-15-17-11(19)4-9-5-12(20)18-16-9/h1-3,5-6H,4H2,(H,17,19)(H2,16,18,20). The van der Waals surface area contributed by atoms with Crippen LogP contribution in [0.5, 0.6) is 0 Å². The van der Waals surface area contributed by atoms with Gasteiger partial charge in [-0.3, -0.25) is 14.7 Å². The van der Waals surface area contributed by atoms with Crippen molar-refractivity contribution in [2.24, 2.45) is 5.10 Å². The maximum atomic E-state index is 11.5. The maximum Gasteiger partial charge on any atom is 0.264 e. The molecule has 1 amide bonds. The molecule has 0 saturated heterocycles. The molecule has 0 fully saturated rings. The van der Waals surface area contributed by atoms with Crippen molar-refractivity contribution in [2.45, 2.75) is 6.42 Å². The number of aromatic amines is 2. The molecule has 0 unspecified atom stereocenters. The van der Waals surface area contributed by atoms with E-state index in [1.807, 2.05) is 0 Å². The van der Waals surface area contributed by atoms with Gasteiger partial charge in [-0.1, -0.05) is 29.3 Å². The number of aromatic nitrogens is 2. The zero-order valence-electron chi connectivity index (χ0n) is 10.1. The van der Waals surface area contributed by atoms with E-state index in [2.05, 4.69) is 20.7 Å². The number of hydrogen-bond donors (Lipinski definition) is 3. The number of nitrogens with one attached hydrogen (secondary N) is 3. The molecule has 2 aromatic rings. The molecule has 0 atom stereocenters. The number of benzene rings is 1. The molecule has 0 aliphatic carbocycles. The molecule has 0 aliphatic rings. The highest BCUT2D eigenvalue weighted by atomic mass is 35.5. The monoisotopic (exact) mass is 312 g/mol. The summed E-state index contributed by atoms with van der Waals surface area (Å²) in [6, 6.07) is 6.24. The van der Waals surface area contributed by atoms with Gasteiger partial charge in [0, 0.05) is 22.3 Å². The molecular formula is C12H10Cl2N4O2. The maximum absolute atomic E-state index is 11.5. The Morgan fingerprint density at radius 3 is 2.75 bits per heavy atom. The van der Waals surface area contributed by atoms with Gasteiger partial charge in [0.05, 0.1) is 17.7 Å². The molecule has 3 N–H and O–H groups in total. The largest absolute Gasteiger partial charge is 0.302 e. The van der Waals surface area contributed by atoms with E-state index in [0.29, 0.717) is 21.3 Å². The highest BCUT2D eigenvalue weighted by Crippen LogP contribution is 2.19. The van der Waals surface area contributed by atoms with Gasteiger partial charge in [-0.2, -0.15) is 5.10 Å². The van der Waals surface area contributed by atoms with Crippen LogP contribution in [0.3, 0.4) is 0 Å². The second kappa shape index (κ2) is 6.40. The van der Waals surface area contributed by atoms with E-state index in [1.54, 1.807) is 18.2 Å². The van der Waals surface area contributed by atoms with E-state index in [4.69, 9.17) is 23.2 Å². The van der Waals surface area contributed by atoms with Crippen LogP contribution in [0.1, 0.15) is 11.3 Å². The van der Waals surface area contributed by atoms with Crippen LogP contribution < -0.4 is 11.0 Å². The first-order valence-corrected chi connectivity index (χ1v) is 6.34. The minimum absolute atomic E-state index is 0.0183. The summed E-state index contributed by atoms with van der Waals surface area (Å²) in [7, 11) is 0. The summed E-state index contributed by atoms with van der Waals surface area (Å²) in [4.78, 5) is 22.4. The van der Waals surface area contributed by atoms with Crippen LogP contribution >= 0.6 is 23.2 Å². The molecule has 0 saturated carbocycles. The number of hydrogen-bond acceptors (Lipinski definition) is 3. The summed E-state index contributed by atoms with van der Waals surface area (Å²) in [5.74, 6) is -0.360. The van der Waals surface area contributed by atoms with Crippen LogP contribution in [0.4, 0.5) is 0 Å². The smallest absolute Gasteiger partial charge is 0.264 e. The zero-order valence-corrected chi connectivity index (χ0v) is 11.6. The number of amides is 1. The molecule has 1 aromatic carbocycles. The predicted octanol–water partition coefficient (Wildman–Crippen LogP) is 1.70. The number of nitrogens with zero attached hydrogens (tertiary/aromatic N) is 1. The Morgan fingerprint density at radius 1 is 1.30 bits per heavy atom. The average molecular weight is 313 g/mol. The highest BCUT2D eigenvalue weighted by Gasteiger charge is 2.04. The fourth-order valence-electron chi connectivity index (χ4n) is 1.46. The number of carbonyl (C=O) groups is 1. The fourth-order valence-corrected chi connectivity index (χ4v) is 1.92. The molecule has 6 nitrogen and oxygen atoms in total. The van der Waals surface area contributed by atoms with Crippen molar-refractivity contribution in [3.63, 3.8) is 0 Å². The van der Waals surface area contributed by atoms with Gasteiger partial charge >= 0.3 is 0 Å². The third kappa shape index (κ3) is 3.97. The van der Waals surface area contributed by atoms with Crippen LogP contribution in [-0.4, -0.2) is 22.3 Å². The minimum atomic E-state index is -0.360. The summed E-state index contributed by atoms with van der Waals surface area (Å²) in [5.41, 5.74) is 3.16. The Labute approximate surface area is 123 Å². The zero-order chi connectivity index (χ0) is 14.5. The van der Waals surface area contributed by atoms with Crippen LogP contribution in [0.25, 0.3) is 0 Å². The second-order valence-electron chi connectivity index (χ2n) is 3.92. The Balaban J connectivity index is 1.92. The normalized spacial score (nSPS) is 10.9. The van der Waals surface area contributed by atoms with Gasteiger partial charge in [0.15, 0.2) is 0 Å².